The maximum absolute atomic E-state index is 13.8. The number of benzene rings is 3. The number of hydrogen-bond acceptors (Lipinski definition) is 3. The molecule has 3 aromatic carbocycles. The molecular weight excluding hydrogens is 371 g/mol. The van der Waals surface area contributed by atoms with Crippen molar-refractivity contribution in [2.75, 3.05) is 16.2 Å². The average molecular weight is 392 g/mol. The molecule has 3 aromatic rings. The van der Waals surface area contributed by atoms with Gasteiger partial charge in [0.05, 0.1) is 5.69 Å². The van der Waals surface area contributed by atoms with Gasteiger partial charge in [-0.05, 0) is 73.7 Å². The van der Waals surface area contributed by atoms with Crippen LogP contribution in [0.25, 0.3) is 0 Å². The number of nitrogens with one attached hydrogen (secondary N) is 1. The zero-order valence-corrected chi connectivity index (χ0v) is 16.4. The molecule has 1 amide bonds. The SMILES string of the molecule is Cc1ccc2c(c1)CCCN2C(=O)c1cccc(SNc2ccccc2F)c1. The van der Waals surface area contributed by atoms with Crippen LogP contribution in [0.2, 0.25) is 0 Å². The number of carbonyl (C=O) groups excluding carboxylic acids is 1. The number of carbonyl (C=O) groups is 1. The summed E-state index contributed by atoms with van der Waals surface area (Å²) >= 11 is 1.29. The van der Waals surface area contributed by atoms with Crippen LogP contribution >= 0.6 is 11.9 Å². The summed E-state index contributed by atoms with van der Waals surface area (Å²) in [5, 5.41) is 0. The zero-order chi connectivity index (χ0) is 19.5. The van der Waals surface area contributed by atoms with E-state index in [2.05, 4.69) is 23.8 Å². The van der Waals surface area contributed by atoms with E-state index in [0.29, 0.717) is 11.3 Å². The number of anilines is 2. The summed E-state index contributed by atoms with van der Waals surface area (Å²) in [7, 11) is 0. The molecule has 0 fully saturated rings. The summed E-state index contributed by atoms with van der Waals surface area (Å²) in [6.45, 7) is 2.80. The van der Waals surface area contributed by atoms with Crippen molar-refractivity contribution in [3.8, 4) is 0 Å². The van der Waals surface area contributed by atoms with Crippen LogP contribution in [0.5, 0.6) is 0 Å². The van der Waals surface area contributed by atoms with E-state index in [9.17, 15) is 9.18 Å². The lowest BCUT2D eigenvalue weighted by molar-refractivity contribution is 0.0985. The number of nitrogens with zero attached hydrogens (tertiary/aromatic N) is 1. The van der Waals surface area contributed by atoms with Crippen LogP contribution < -0.4 is 9.62 Å². The molecule has 5 heteroatoms. The van der Waals surface area contributed by atoms with Crippen LogP contribution in [0.15, 0.2) is 71.6 Å². The van der Waals surface area contributed by atoms with Crippen molar-refractivity contribution in [2.45, 2.75) is 24.7 Å². The fraction of sp³-hybridized carbons (Fsp3) is 0.174. The second-order valence-electron chi connectivity index (χ2n) is 6.90. The van der Waals surface area contributed by atoms with Crippen LogP contribution in [0, 0.1) is 12.7 Å². The minimum atomic E-state index is -0.303. The third kappa shape index (κ3) is 3.90. The van der Waals surface area contributed by atoms with Gasteiger partial charge in [0.25, 0.3) is 5.91 Å². The van der Waals surface area contributed by atoms with Crippen molar-refractivity contribution in [1.29, 1.82) is 0 Å². The maximum atomic E-state index is 13.8. The summed E-state index contributed by atoms with van der Waals surface area (Å²) < 4.78 is 16.8. The summed E-state index contributed by atoms with van der Waals surface area (Å²) in [5.41, 5.74) is 4.50. The number of amides is 1. The molecule has 0 saturated carbocycles. The smallest absolute Gasteiger partial charge is 0.258 e. The van der Waals surface area contributed by atoms with Crippen molar-refractivity contribution >= 4 is 29.2 Å². The van der Waals surface area contributed by atoms with Crippen molar-refractivity contribution in [2.24, 2.45) is 0 Å². The van der Waals surface area contributed by atoms with Gasteiger partial charge >= 0.3 is 0 Å². The molecule has 1 aliphatic heterocycles. The first-order chi connectivity index (χ1) is 13.6. The first kappa shape index (κ1) is 18.6. The van der Waals surface area contributed by atoms with Gasteiger partial charge in [-0.15, -0.1) is 0 Å². The fourth-order valence-electron chi connectivity index (χ4n) is 3.44. The molecular formula is C23H21FN2OS. The molecule has 1 aliphatic rings. The van der Waals surface area contributed by atoms with Crippen LogP contribution in [-0.2, 0) is 6.42 Å². The normalized spacial score (nSPS) is 13.1. The molecule has 0 spiro atoms. The Bertz CT molecular complexity index is 1020. The quantitative estimate of drug-likeness (QED) is 0.566. The molecule has 1 N–H and O–H groups in total. The van der Waals surface area contributed by atoms with Gasteiger partial charge < -0.3 is 9.62 Å². The first-order valence-corrected chi connectivity index (χ1v) is 10.1. The van der Waals surface area contributed by atoms with E-state index < -0.39 is 0 Å². The number of hydrogen-bond donors (Lipinski definition) is 1. The van der Waals surface area contributed by atoms with Gasteiger partial charge in [-0.25, -0.2) is 4.39 Å². The molecule has 3 nitrogen and oxygen atoms in total. The Morgan fingerprint density at radius 2 is 1.93 bits per heavy atom. The fourth-order valence-corrected chi connectivity index (χ4v) is 4.17. The Morgan fingerprint density at radius 1 is 1.07 bits per heavy atom. The van der Waals surface area contributed by atoms with Crippen molar-refractivity contribution in [1.82, 2.24) is 0 Å². The Kier molecular flexibility index (Phi) is 5.35. The highest BCUT2D eigenvalue weighted by Gasteiger charge is 2.23. The molecule has 0 aliphatic carbocycles. The van der Waals surface area contributed by atoms with E-state index in [1.165, 1.54) is 29.1 Å². The minimum Gasteiger partial charge on any atom is -0.323 e. The molecule has 0 unspecified atom stereocenters. The standard InChI is InChI=1S/C23H21FN2OS/c1-16-11-12-22-17(14-16)7-5-13-26(22)23(27)18-6-4-8-19(15-18)28-25-21-10-3-2-9-20(21)24/h2-4,6,8-12,14-15,25H,5,7,13H2,1H3. The summed E-state index contributed by atoms with van der Waals surface area (Å²) in [6, 6.07) is 20.2. The number of halogens is 1. The molecule has 0 saturated heterocycles. The molecule has 142 valence electrons. The molecule has 0 bridgehead atoms. The van der Waals surface area contributed by atoms with E-state index >= 15 is 0 Å². The lowest BCUT2D eigenvalue weighted by atomic mass is 9.99. The third-order valence-electron chi connectivity index (χ3n) is 4.83. The molecule has 4 rings (SSSR count). The molecule has 0 atom stereocenters. The van der Waals surface area contributed by atoms with Crippen molar-refractivity contribution in [3.63, 3.8) is 0 Å². The topological polar surface area (TPSA) is 32.3 Å². The number of rotatable bonds is 4. The average Bonchev–Trinajstić information content (AvgIpc) is 2.72. The third-order valence-corrected chi connectivity index (χ3v) is 5.64. The highest BCUT2D eigenvalue weighted by molar-refractivity contribution is 8.00. The Morgan fingerprint density at radius 3 is 2.79 bits per heavy atom. The number of aryl methyl sites for hydroxylation is 2. The molecule has 28 heavy (non-hydrogen) atoms. The minimum absolute atomic E-state index is 0.00172. The summed E-state index contributed by atoms with van der Waals surface area (Å²) in [4.78, 5) is 15.9. The lowest BCUT2D eigenvalue weighted by Crippen LogP contribution is -2.35. The Hall–Kier alpha value is -2.79. The second-order valence-corrected chi connectivity index (χ2v) is 7.78. The highest BCUT2D eigenvalue weighted by Crippen LogP contribution is 2.30. The predicted octanol–water partition coefficient (Wildman–Crippen LogP) is 5.85. The van der Waals surface area contributed by atoms with Crippen molar-refractivity contribution in [3.05, 3.63) is 89.2 Å². The van der Waals surface area contributed by atoms with E-state index in [0.717, 1.165) is 30.0 Å². The van der Waals surface area contributed by atoms with Crippen molar-refractivity contribution < 1.29 is 9.18 Å². The molecule has 0 aromatic heterocycles. The van der Waals surface area contributed by atoms with Crippen LogP contribution in [0.3, 0.4) is 0 Å². The van der Waals surface area contributed by atoms with E-state index in [4.69, 9.17) is 0 Å². The van der Waals surface area contributed by atoms with E-state index in [1.54, 1.807) is 18.2 Å². The molecule has 1 heterocycles. The Labute approximate surface area is 168 Å². The van der Waals surface area contributed by atoms with Crippen LogP contribution in [0.4, 0.5) is 15.8 Å². The lowest BCUT2D eigenvalue weighted by Gasteiger charge is -2.30. The van der Waals surface area contributed by atoms with Gasteiger partial charge in [0, 0.05) is 22.7 Å². The number of para-hydroxylation sites is 1. The molecule has 0 radical (unpaired) electrons. The maximum Gasteiger partial charge on any atom is 0.258 e. The van der Waals surface area contributed by atoms with Gasteiger partial charge in [-0.2, -0.15) is 0 Å². The van der Waals surface area contributed by atoms with E-state index in [-0.39, 0.29) is 11.7 Å². The zero-order valence-electron chi connectivity index (χ0n) is 15.6. The Balaban J connectivity index is 1.53. The van der Waals surface area contributed by atoms with Gasteiger partial charge in [-0.3, -0.25) is 4.79 Å². The largest absolute Gasteiger partial charge is 0.323 e. The van der Waals surface area contributed by atoms with Gasteiger partial charge in [0.15, 0.2) is 0 Å². The van der Waals surface area contributed by atoms with Gasteiger partial charge in [0.1, 0.15) is 5.82 Å². The van der Waals surface area contributed by atoms with E-state index in [1.807, 2.05) is 35.2 Å². The van der Waals surface area contributed by atoms with Gasteiger partial charge in [0.2, 0.25) is 0 Å². The second kappa shape index (κ2) is 8.07. The van der Waals surface area contributed by atoms with Crippen LogP contribution in [0.1, 0.15) is 27.9 Å². The highest BCUT2D eigenvalue weighted by atomic mass is 32.2. The monoisotopic (exact) mass is 392 g/mol. The predicted molar refractivity (Wildman–Crippen MR) is 113 cm³/mol. The summed E-state index contributed by atoms with van der Waals surface area (Å²) in [5.74, 6) is -0.305. The number of fused-ring (bicyclic) bond motifs is 1. The first-order valence-electron chi connectivity index (χ1n) is 9.31. The van der Waals surface area contributed by atoms with Crippen LogP contribution in [-0.4, -0.2) is 12.5 Å². The summed E-state index contributed by atoms with van der Waals surface area (Å²) in [6.07, 6.45) is 1.97. The van der Waals surface area contributed by atoms with Gasteiger partial charge in [-0.1, -0.05) is 35.9 Å².